The normalized spacial score (nSPS) is 10.8. The number of unbranched alkanes of at least 4 members (excludes halogenated alkanes) is 1. The molecule has 0 spiro atoms. The van der Waals surface area contributed by atoms with Gasteiger partial charge in [0.2, 0.25) is 0 Å². The zero-order valence-corrected chi connectivity index (χ0v) is 9.49. The third-order valence-electron chi connectivity index (χ3n) is 2.43. The second-order valence-electron chi connectivity index (χ2n) is 3.50. The molecule has 0 N–H and O–H groups in total. The van der Waals surface area contributed by atoms with Crippen LogP contribution in [0.1, 0.15) is 32.5 Å². The summed E-state index contributed by atoms with van der Waals surface area (Å²) in [4.78, 5) is 0. The van der Waals surface area contributed by atoms with Crippen LogP contribution in [-0.4, -0.2) is 11.7 Å². The Balaban J connectivity index is 2.73. The lowest BCUT2D eigenvalue weighted by Gasteiger charge is -2.01. The Bertz CT molecular complexity index is 268. The molecule has 0 fully saturated rings. The van der Waals surface area contributed by atoms with E-state index in [-0.39, 0.29) is 0 Å². The number of hydrogen-bond acceptors (Lipinski definition) is 1. The molecule has 1 aromatic heterocycles. The summed E-state index contributed by atoms with van der Waals surface area (Å²) in [5.74, 6) is 1.35. The fourth-order valence-corrected chi connectivity index (χ4v) is 1.69. The van der Waals surface area contributed by atoms with Gasteiger partial charge in [0.15, 0.2) is 6.73 Å². The number of nitrogens with zero attached hydrogens (tertiary/aromatic N) is 2. The van der Waals surface area contributed by atoms with E-state index in [4.69, 9.17) is 4.74 Å². The van der Waals surface area contributed by atoms with Crippen LogP contribution >= 0.6 is 0 Å². The molecule has 0 aromatic carbocycles. The minimum Gasteiger partial charge on any atom is -0.345 e. The van der Waals surface area contributed by atoms with E-state index in [9.17, 15) is 0 Å². The lowest BCUT2D eigenvalue weighted by molar-refractivity contribution is -0.737. The average molecular weight is 197 g/mol. The van der Waals surface area contributed by atoms with Crippen LogP contribution in [0, 0.1) is 0 Å². The van der Waals surface area contributed by atoms with Crippen LogP contribution in [0.15, 0.2) is 12.4 Å². The molecule has 3 nitrogen and oxygen atoms in total. The van der Waals surface area contributed by atoms with Crippen molar-refractivity contribution in [3.8, 4) is 0 Å². The first-order chi connectivity index (χ1) is 6.83. The Morgan fingerprint density at radius 2 is 2.21 bits per heavy atom. The van der Waals surface area contributed by atoms with Gasteiger partial charge in [0.1, 0.15) is 12.4 Å². The van der Waals surface area contributed by atoms with Gasteiger partial charge in [0.25, 0.3) is 5.82 Å². The molecular formula is C11H21N2O+. The van der Waals surface area contributed by atoms with E-state index >= 15 is 0 Å². The second-order valence-corrected chi connectivity index (χ2v) is 3.50. The lowest BCUT2D eigenvalue weighted by atomic mass is 10.3. The van der Waals surface area contributed by atoms with Gasteiger partial charge in [-0.15, -0.1) is 0 Å². The highest BCUT2D eigenvalue weighted by atomic mass is 16.5. The smallest absolute Gasteiger partial charge is 0.258 e. The highest BCUT2D eigenvalue weighted by molar-refractivity contribution is 4.82. The third kappa shape index (κ3) is 2.58. The van der Waals surface area contributed by atoms with Gasteiger partial charge in [-0.25, -0.2) is 9.13 Å². The molecule has 80 valence electrons. The predicted octanol–water partition coefficient (Wildman–Crippen LogP) is 1.74. The molecule has 0 atom stereocenters. The Labute approximate surface area is 86.3 Å². The molecule has 0 radical (unpaired) electrons. The van der Waals surface area contributed by atoms with Crippen LogP contribution in [0.2, 0.25) is 0 Å². The number of hydrogen-bond donors (Lipinski definition) is 0. The van der Waals surface area contributed by atoms with Gasteiger partial charge in [0, 0.05) is 13.5 Å². The zero-order valence-electron chi connectivity index (χ0n) is 9.49. The van der Waals surface area contributed by atoms with Crippen molar-refractivity contribution >= 4 is 0 Å². The van der Waals surface area contributed by atoms with E-state index < -0.39 is 0 Å². The molecule has 0 amide bonds. The molecule has 0 aliphatic rings. The quantitative estimate of drug-likeness (QED) is 0.635. The highest BCUT2D eigenvalue weighted by Gasteiger charge is 2.13. The number of aryl methyl sites for hydroxylation is 1. The third-order valence-corrected chi connectivity index (χ3v) is 2.43. The van der Waals surface area contributed by atoms with Crippen LogP contribution in [0.25, 0.3) is 0 Å². The molecule has 0 saturated heterocycles. The Morgan fingerprint density at radius 1 is 1.43 bits per heavy atom. The van der Waals surface area contributed by atoms with Crippen LogP contribution in [-0.2, 0) is 24.4 Å². The number of rotatable bonds is 6. The molecule has 1 rings (SSSR count). The minimum absolute atomic E-state index is 0.655. The summed E-state index contributed by atoms with van der Waals surface area (Å²) in [5, 5.41) is 0. The van der Waals surface area contributed by atoms with Crippen molar-refractivity contribution in [2.75, 3.05) is 7.11 Å². The first kappa shape index (κ1) is 11.2. The van der Waals surface area contributed by atoms with E-state index in [0.29, 0.717) is 6.73 Å². The van der Waals surface area contributed by atoms with E-state index in [2.05, 4.69) is 35.4 Å². The van der Waals surface area contributed by atoms with E-state index in [1.54, 1.807) is 7.11 Å². The van der Waals surface area contributed by atoms with Gasteiger partial charge in [-0.2, -0.15) is 0 Å². The van der Waals surface area contributed by atoms with Gasteiger partial charge in [-0.3, -0.25) is 0 Å². The Hall–Kier alpha value is -0.830. The molecule has 0 aliphatic carbocycles. The largest absolute Gasteiger partial charge is 0.345 e. The van der Waals surface area contributed by atoms with E-state index in [1.165, 1.54) is 18.7 Å². The standard InChI is InChI=1S/C11H21N2O/c1-4-6-7-12-8-9-13(10-14-3)11(12)5-2/h8-9H,4-7,10H2,1-3H3/q+1. The first-order valence-electron chi connectivity index (χ1n) is 5.39. The molecule has 1 heterocycles. The van der Waals surface area contributed by atoms with Crippen molar-refractivity contribution in [1.29, 1.82) is 0 Å². The minimum atomic E-state index is 0.655. The predicted molar refractivity (Wildman–Crippen MR) is 55.9 cm³/mol. The number of methoxy groups -OCH3 is 1. The molecule has 0 bridgehead atoms. The summed E-state index contributed by atoms with van der Waals surface area (Å²) in [6, 6.07) is 0. The number of imidazole rings is 1. The van der Waals surface area contributed by atoms with E-state index in [0.717, 1.165) is 13.0 Å². The van der Waals surface area contributed by atoms with Crippen LogP contribution < -0.4 is 4.57 Å². The van der Waals surface area contributed by atoms with Crippen molar-refractivity contribution in [1.82, 2.24) is 4.57 Å². The number of ether oxygens (including phenoxy) is 1. The van der Waals surface area contributed by atoms with Crippen LogP contribution in [0.4, 0.5) is 0 Å². The van der Waals surface area contributed by atoms with E-state index in [1.807, 2.05) is 0 Å². The maximum absolute atomic E-state index is 5.14. The fraction of sp³-hybridized carbons (Fsp3) is 0.727. The van der Waals surface area contributed by atoms with Crippen molar-refractivity contribution in [2.45, 2.75) is 46.4 Å². The maximum Gasteiger partial charge on any atom is 0.258 e. The van der Waals surface area contributed by atoms with Gasteiger partial charge < -0.3 is 4.74 Å². The van der Waals surface area contributed by atoms with Crippen LogP contribution in [0.3, 0.4) is 0 Å². The summed E-state index contributed by atoms with van der Waals surface area (Å²) in [5.41, 5.74) is 0. The summed E-state index contributed by atoms with van der Waals surface area (Å²) < 4.78 is 9.62. The van der Waals surface area contributed by atoms with Gasteiger partial charge >= 0.3 is 0 Å². The van der Waals surface area contributed by atoms with Crippen LogP contribution in [0.5, 0.6) is 0 Å². The molecule has 14 heavy (non-hydrogen) atoms. The summed E-state index contributed by atoms with van der Waals surface area (Å²) in [6.45, 7) is 6.18. The maximum atomic E-state index is 5.14. The molecule has 0 aliphatic heterocycles. The zero-order chi connectivity index (χ0) is 10.4. The summed E-state index contributed by atoms with van der Waals surface area (Å²) in [7, 11) is 1.73. The van der Waals surface area contributed by atoms with Gasteiger partial charge in [-0.1, -0.05) is 20.3 Å². The van der Waals surface area contributed by atoms with Crippen molar-refractivity contribution in [3.05, 3.63) is 18.2 Å². The summed E-state index contributed by atoms with van der Waals surface area (Å²) >= 11 is 0. The molecule has 3 heteroatoms. The average Bonchev–Trinajstić information content (AvgIpc) is 2.58. The Morgan fingerprint density at radius 3 is 2.79 bits per heavy atom. The second kappa shape index (κ2) is 5.81. The van der Waals surface area contributed by atoms with Crippen molar-refractivity contribution < 1.29 is 9.30 Å². The molecular weight excluding hydrogens is 176 g/mol. The van der Waals surface area contributed by atoms with Crippen molar-refractivity contribution in [2.24, 2.45) is 0 Å². The monoisotopic (exact) mass is 197 g/mol. The molecule has 1 aromatic rings. The highest BCUT2D eigenvalue weighted by Crippen LogP contribution is 2.00. The van der Waals surface area contributed by atoms with Crippen molar-refractivity contribution in [3.63, 3.8) is 0 Å². The SMILES string of the molecule is CCCCn1cc[n+](COC)c1CC. The van der Waals surface area contributed by atoms with Gasteiger partial charge in [0.05, 0.1) is 6.54 Å². The fourth-order valence-electron chi connectivity index (χ4n) is 1.69. The molecule has 0 unspecified atom stereocenters. The lowest BCUT2D eigenvalue weighted by Crippen LogP contribution is -2.37. The molecule has 0 saturated carbocycles. The van der Waals surface area contributed by atoms with Gasteiger partial charge in [-0.05, 0) is 6.42 Å². The Kier molecular flexibility index (Phi) is 4.66. The first-order valence-corrected chi connectivity index (χ1v) is 5.39. The number of aromatic nitrogens is 2. The summed E-state index contributed by atoms with van der Waals surface area (Å²) in [6.07, 6.45) is 7.78. The topological polar surface area (TPSA) is 18.0 Å².